The smallest absolute Gasteiger partial charge is 0.308 e. The molecule has 0 saturated carbocycles. The average molecular weight is 279 g/mol. The highest BCUT2D eigenvalue weighted by Crippen LogP contribution is 2.25. The van der Waals surface area contributed by atoms with Gasteiger partial charge in [0, 0.05) is 18.7 Å². The molecular formula is C14H17NO3S. The number of aliphatic carboxylic acids is 1. The van der Waals surface area contributed by atoms with E-state index in [4.69, 9.17) is 5.11 Å². The summed E-state index contributed by atoms with van der Waals surface area (Å²) in [6.07, 6.45) is 3.18. The highest BCUT2D eigenvalue weighted by atomic mass is 32.2. The SMILES string of the molecule is CSCCc1ccc(N2CC(C(=O)O)CC2=O)cc1. The summed E-state index contributed by atoms with van der Waals surface area (Å²) in [6.45, 7) is 0.276. The van der Waals surface area contributed by atoms with Crippen LogP contribution in [0.25, 0.3) is 0 Å². The normalized spacial score (nSPS) is 18.9. The molecule has 1 N–H and O–H groups in total. The van der Waals surface area contributed by atoms with Crippen LogP contribution >= 0.6 is 11.8 Å². The summed E-state index contributed by atoms with van der Waals surface area (Å²) < 4.78 is 0. The molecule has 4 nitrogen and oxygen atoms in total. The van der Waals surface area contributed by atoms with Gasteiger partial charge in [-0.05, 0) is 36.1 Å². The van der Waals surface area contributed by atoms with E-state index in [0.29, 0.717) is 0 Å². The van der Waals surface area contributed by atoms with Crippen LogP contribution in [0.2, 0.25) is 0 Å². The Balaban J connectivity index is 2.06. The molecule has 0 radical (unpaired) electrons. The number of anilines is 1. The lowest BCUT2D eigenvalue weighted by atomic mass is 10.1. The first-order valence-corrected chi connectivity index (χ1v) is 7.62. The zero-order valence-corrected chi connectivity index (χ0v) is 11.7. The molecule has 0 bridgehead atoms. The molecule has 1 atom stereocenters. The van der Waals surface area contributed by atoms with E-state index in [1.54, 1.807) is 16.7 Å². The molecule has 1 aromatic carbocycles. The number of thioether (sulfide) groups is 1. The molecule has 2 rings (SSSR count). The van der Waals surface area contributed by atoms with Crippen molar-refractivity contribution >= 4 is 29.3 Å². The summed E-state index contributed by atoms with van der Waals surface area (Å²) in [5.74, 6) is -0.510. The summed E-state index contributed by atoms with van der Waals surface area (Å²) in [5.41, 5.74) is 2.03. The molecule has 1 saturated heterocycles. The number of carboxylic acid groups (broad SMARTS) is 1. The van der Waals surface area contributed by atoms with Gasteiger partial charge < -0.3 is 10.0 Å². The van der Waals surface area contributed by atoms with E-state index in [0.717, 1.165) is 17.9 Å². The molecule has 1 aliphatic rings. The largest absolute Gasteiger partial charge is 0.481 e. The maximum atomic E-state index is 11.8. The molecule has 1 unspecified atom stereocenters. The van der Waals surface area contributed by atoms with E-state index in [1.165, 1.54) is 5.56 Å². The highest BCUT2D eigenvalue weighted by Gasteiger charge is 2.34. The van der Waals surface area contributed by atoms with Gasteiger partial charge in [-0.3, -0.25) is 9.59 Å². The number of hydrogen-bond donors (Lipinski definition) is 1. The monoisotopic (exact) mass is 279 g/mol. The fourth-order valence-corrected chi connectivity index (χ4v) is 2.62. The lowest BCUT2D eigenvalue weighted by Crippen LogP contribution is -2.25. The van der Waals surface area contributed by atoms with Crippen LogP contribution in [0.4, 0.5) is 5.69 Å². The van der Waals surface area contributed by atoms with Crippen molar-refractivity contribution in [3.63, 3.8) is 0 Å². The van der Waals surface area contributed by atoms with Crippen LogP contribution in [-0.2, 0) is 16.0 Å². The highest BCUT2D eigenvalue weighted by molar-refractivity contribution is 7.98. The zero-order chi connectivity index (χ0) is 13.8. The zero-order valence-electron chi connectivity index (χ0n) is 10.8. The van der Waals surface area contributed by atoms with Gasteiger partial charge in [0.05, 0.1) is 5.92 Å². The van der Waals surface area contributed by atoms with Crippen LogP contribution in [0.3, 0.4) is 0 Å². The maximum absolute atomic E-state index is 11.8. The van der Waals surface area contributed by atoms with Crippen molar-refractivity contribution < 1.29 is 14.7 Å². The minimum absolute atomic E-state index is 0.101. The molecule has 0 aliphatic carbocycles. The molecule has 1 heterocycles. The van der Waals surface area contributed by atoms with E-state index in [1.807, 2.05) is 24.3 Å². The number of carbonyl (C=O) groups excluding carboxylic acids is 1. The van der Waals surface area contributed by atoms with Gasteiger partial charge in [-0.1, -0.05) is 12.1 Å². The van der Waals surface area contributed by atoms with E-state index < -0.39 is 11.9 Å². The van der Waals surface area contributed by atoms with E-state index in [2.05, 4.69) is 6.26 Å². The third-order valence-electron chi connectivity index (χ3n) is 3.32. The Morgan fingerprint density at radius 3 is 2.63 bits per heavy atom. The predicted molar refractivity (Wildman–Crippen MR) is 76.6 cm³/mol. The second kappa shape index (κ2) is 6.10. The van der Waals surface area contributed by atoms with Crippen molar-refractivity contribution in [2.45, 2.75) is 12.8 Å². The van der Waals surface area contributed by atoms with Crippen molar-refractivity contribution in [3.8, 4) is 0 Å². The lowest BCUT2D eigenvalue weighted by Gasteiger charge is -2.16. The number of hydrogen-bond acceptors (Lipinski definition) is 3. The van der Waals surface area contributed by atoms with Gasteiger partial charge in [-0.25, -0.2) is 0 Å². The van der Waals surface area contributed by atoms with Gasteiger partial charge in [-0.2, -0.15) is 11.8 Å². The van der Waals surface area contributed by atoms with E-state index >= 15 is 0 Å². The second-order valence-electron chi connectivity index (χ2n) is 4.65. The number of carboxylic acids is 1. The molecule has 1 aliphatic heterocycles. The standard InChI is InChI=1S/C14H17NO3S/c1-19-7-6-10-2-4-12(5-3-10)15-9-11(14(17)18)8-13(15)16/h2-5,11H,6-9H2,1H3,(H,17,18). The van der Waals surface area contributed by atoms with Crippen molar-refractivity contribution in [2.24, 2.45) is 5.92 Å². The van der Waals surface area contributed by atoms with Gasteiger partial charge >= 0.3 is 5.97 Å². The maximum Gasteiger partial charge on any atom is 0.308 e. The minimum atomic E-state index is -0.896. The van der Waals surface area contributed by atoms with Gasteiger partial charge in [-0.15, -0.1) is 0 Å². The van der Waals surface area contributed by atoms with Crippen molar-refractivity contribution in [3.05, 3.63) is 29.8 Å². The summed E-state index contributed by atoms with van der Waals surface area (Å²) in [6, 6.07) is 7.81. The molecule has 1 amide bonds. The Labute approximate surface area is 116 Å². The summed E-state index contributed by atoms with van der Waals surface area (Å²) in [5, 5.41) is 8.96. The van der Waals surface area contributed by atoms with Crippen LogP contribution in [0.5, 0.6) is 0 Å². The molecule has 102 valence electrons. The van der Waals surface area contributed by atoms with E-state index in [-0.39, 0.29) is 18.9 Å². The summed E-state index contributed by atoms with van der Waals surface area (Å²) in [7, 11) is 0. The molecule has 0 spiro atoms. The summed E-state index contributed by atoms with van der Waals surface area (Å²) >= 11 is 1.80. The number of nitrogens with zero attached hydrogens (tertiary/aromatic N) is 1. The number of amides is 1. The molecule has 19 heavy (non-hydrogen) atoms. The first-order valence-electron chi connectivity index (χ1n) is 6.23. The van der Waals surface area contributed by atoms with Crippen LogP contribution in [-0.4, -0.2) is 35.5 Å². The van der Waals surface area contributed by atoms with Crippen LogP contribution in [0, 0.1) is 5.92 Å². The average Bonchev–Trinajstić information content (AvgIpc) is 2.79. The van der Waals surface area contributed by atoms with Crippen molar-refractivity contribution in [1.82, 2.24) is 0 Å². The quantitative estimate of drug-likeness (QED) is 0.896. The second-order valence-corrected chi connectivity index (χ2v) is 5.64. The Morgan fingerprint density at radius 2 is 2.11 bits per heavy atom. The van der Waals surface area contributed by atoms with Crippen LogP contribution in [0.15, 0.2) is 24.3 Å². The van der Waals surface area contributed by atoms with Crippen molar-refractivity contribution in [1.29, 1.82) is 0 Å². The number of carbonyl (C=O) groups is 2. The van der Waals surface area contributed by atoms with Gasteiger partial charge in [0.2, 0.25) is 5.91 Å². The van der Waals surface area contributed by atoms with Gasteiger partial charge in [0.1, 0.15) is 0 Å². The molecule has 0 aromatic heterocycles. The Morgan fingerprint density at radius 1 is 1.42 bits per heavy atom. The van der Waals surface area contributed by atoms with Crippen LogP contribution in [0.1, 0.15) is 12.0 Å². The molecular weight excluding hydrogens is 262 g/mol. The third kappa shape index (κ3) is 3.29. The molecule has 1 aromatic rings. The fraction of sp³-hybridized carbons (Fsp3) is 0.429. The third-order valence-corrected chi connectivity index (χ3v) is 3.93. The Bertz CT molecular complexity index is 472. The van der Waals surface area contributed by atoms with Crippen molar-refractivity contribution in [2.75, 3.05) is 23.5 Å². The molecule has 1 fully saturated rings. The lowest BCUT2D eigenvalue weighted by molar-refractivity contribution is -0.141. The minimum Gasteiger partial charge on any atom is -0.481 e. The first kappa shape index (κ1) is 13.9. The van der Waals surface area contributed by atoms with E-state index in [9.17, 15) is 9.59 Å². The molecule has 5 heteroatoms. The van der Waals surface area contributed by atoms with Crippen LogP contribution < -0.4 is 4.90 Å². The first-order chi connectivity index (χ1) is 9.11. The topological polar surface area (TPSA) is 57.6 Å². The van der Waals surface area contributed by atoms with Gasteiger partial charge in [0.25, 0.3) is 0 Å². The Hall–Kier alpha value is -1.49. The number of rotatable bonds is 5. The number of benzene rings is 1. The summed E-state index contributed by atoms with van der Waals surface area (Å²) in [4.78, 5) is 24.3. The number of aryl methyl sites for hydroxylation is 1. The van der Waals surface area contributed by atoms with Gasteiger partial charge in [0.15, 0.2) is 0 Å². The predicted octanol–water partition coefficient (Wildman–Crippen LogP) is 2.03. The fourth-order valence-electron chi connectivity index (χ4n) is 2.19. The Kier molecular flexibility index (Phi) is 4.47.